The van der Waals surface area contributed by atoms with Gasteiger partial charge in [-0.2, -0.15) is 0 Å². The van der Waals surface area contributed by atoms with E-state index in [9.17, 15) is 0 Å². The molecule has 1 atom stereocenters. The highest BCUT2D eigenvalue weighted by atomic mass is 16.7. The number of ether oxygens (including phenoxy) is 2. The van der Waals surface area contributed by atoms with Crippen molar-refractivity contribution in [3.05, 3.63) is 24.3 Å². The van der Waals surface area contributed by atoms with E-state index in [2.05, 4.69) is 6.07 Å². The average molecular weight is 217 g/mol. The van der Waals surface area contributed by atoms with Crippen molar-refractivity contribution in [1.29, 1.82) is 0 Å². The zero-order valence-electron chi connectivity index (χ0n) is 9.45. The highest BCUT2D eigenvalue weighted by Gasteiger charge is 2.27. The molecule has 3 rings (SSSR count). The summed E-state index contributed by atoms with van der Waals surface area (Å²) in [4.78, 5) is 0. The standard InChI is InChI=1S/C14H17O2/c1-2-6-11(7-3-1)10-14-15-12-8-4-5-9-13(12)16-14/h4,8-9,11,14H,1-3,6-7,10H2. The third kappa shape index (κ3) is 2.01. The molecule has 1 aliphatic carbocycles. The van der Waals surface area contributed by atoms with Crippen LogP contribution in [0.1, 0.15) is 38.5 Å². The molecule has 0 N–H and O–H groups in total. The fourth-order valence-electron chi connectivity index (χ4n) is 2.69. The molecular weight excluding hydrogens is 200 g/mol. The molecule has 0 bridgehead atoms. The molecule has 1 aromatic carbocycles. The third-order valence-corrected chi connectivity index (χ3v) is 3.56. The first-order valence-electron chi connectivity index (χ1n) is 6.25. The number of hydrogen-bond acceptors (Lipinski definition) is 2. The molecule has 1 heterocycles. The van der Waals surface area contributed by atoms with Crippen molar-refractivity contribution in [3.8, 4) is 11.5 Å². The normalized spacial score (nSPS) is 21.2. The summed E-state index contributed by atoms with van der Waals surface area (Å²) in [7, 11) is 0. The largest absolute Gasteiger partial charge is 0.451 e. The minimum atomic E-state index is -0.0612. The lowest BCUT2D eigenvalue weighted by atomic mass is 9.87. The van der Waals surface area contributed by atoms with Crippen molar-refractivity contribution in [2.24, 2.45) is 5.92 Å². The van der Waals surface area contributed by atoms with Gasteiger partial charge in [-0.05, 0) is 24.1 Å². The lowest BCUT2D eigenvalue weighted by molar-refractivity contribution is 0.0218. The Morgan fingerprint density at radius 2 is 1.94 bits per heavy atom. The lowest BCUT2D eigenvalue weighted by Crippen LogP contribution is -2.23. The van der Waals surface area contributed by atoms with E-state index >= 15 is 0 Å². The van der Waals surface area contributed by atoms with Crippen LogP contribution in [0.2, 0.25) is 0 Å². The maximum absolute atomic E-state index is 5.77. The van der Waals surface area contributed by atoms with Crippen LogP contribution < -0.4 is 9.47 Å². The van der Waals surface area contributed by atoms with Crippen LogP contribution in [0.5, 0.6) is 11.5 Å². The zero-order valence-corrected chi connectivity index (χ0v) is 9.45. The monoisotopic (exact) mass is 217 g/mol. The van der Waals surface area contributed by atoms with E-state index < -0.39 is 0 Å². The predicted octanol–water partition coefficient (Wildman–Crippen LogP) is 3.55. The topological polar surface area (TPSA) is 18.5 Å². The van der Waals surface area contributed by atoms with Gasteiger partial charge in [-0.3, -0.25) is 0 Å². The van der Waals surface area contributed by atoms with Gasteiger partial charge in [0.05, 0.1) is 0 Å². The van der Waals surface area contributed by atoms with E-state index in [0.29, 0.717) is 0 Å². The first-order valence-corrected chi connectivity index (χ1v) is 6.25. The first-order chi connectivity index (χ1) is 7.92. The Balaban J connectivity index is 1.59. The highest BCUT2D eigenvalue weighted by molar-refractivity contribution is 5.41. The number of benzene rings is 1. The summed E-state index contributed by atoms with van der Waals surface area (Å²) >= 11 is 0. The molecule has 0 amide bonds. The molecule has 2 heteroatoms. The van der Waals surface area contributed by atoms with Crippen LogP contribution in [-0.2, 0) is 0 Å². The quantitative estimate of drug-likeness (QED) is 0.754. The van der Waals surface area contributed by atoms with Crippen LogP contribution in [0.15, 0.2) is 18.2 Å². The maximum Gasteiger partial charge on any atom is 0.241 e. The smallest absolute Gasteiger partial charge is 0.241 e. The molecule has 0 spiro atoms. The maximum atomic E-state index is 5.77. The van der Waals surface area contributed by atoms with Crippen LogP contribution in [0, 0.1) is 12.0 Å². The summed E-state index contributed by atoms with van der Waals surface area (Å²) in [5.74, 6) is 2.51. The molecule has 16 heavy (non-hydrogen) atoms. The van der Waals surface area contributed by atoms with Gasteiger partial charge in [-0.25, -0.2) is 0 Å². The van der Waals surface area contributed by atoms with Crippen LogP contribution >= 0.6 is 0 Å². The Bertz CT molecular complexity index is 331. The minimum Gasteiger partial charge on any atom is -0.451 e. The van der Waals surface area contributed by atoms with E-state index in [1.807, 2.05) is 18.2 Å². The first kappa shape index (κ1) is 10.0. The summed E-state index contributed by atoms with van der Waals surface area (Å²) in [5, 5.41) is 0. The Morgan fingerprint density at radius 1 is 1.12 bits per heavy atom. The Hall–Kier alpha value is -1.18. The van der Waals surface area contributed by atoms with Gasteiger partial charge in [0.15, 0.2) is 11.5 Å². The molecular formula is C14H17O2. The molecule has 2 nitrogen and oxygen atoms in total. The molecule has 1 aliphatic heterocycles. The van der Waals surface area contributed by atoms with Gasteiger partial charge in [-0.15, -0.1) is 0 Å². The molecule has 1 fully saturated rings. The molecule has 1 radical (unpaired) electrons. The second-order valence-corrected chi connectivity index (χ2v) is 4.78. The lowest BCUT2D eigenvalue weighted by Gasteiger charge is -2.23. The Kier molecular flexibility index (Phi) is 2.73. The summed E-state index contributed by atoms with van der Waals surface area (Å²) in [5.41, 5.74) is 0. The SMILES string of the molecule is [c]1ccc2c(c1)OC(CC1CCCCC1)O2. The summed E-state index contributed by atoms with van der Waals surface area (Å²) in [6.07, 6.45) is 7.80. The second-order valence-electron chi connectivity index (χ2n) is 4.78. The molecule has 0 aromatic heterocycles. The van der Waals surface area contributed by atoms with Gasteiger partial charge >= 0.3 is 0 Å². The van der Waals surface area contributed by atoms with Crippen molar-refractivity contribution in [1.82, 2.24) is 0 Å². The van der Waals surface area contributed by atoms with Gasteiger partial charge in [0, 0.05) is 6.42 Å². The molecule has 1 aromatic rings. The average Bonchev–Trinajstić information content (AvgIpc) is 2.72. The van der Waals surface area contributed by atoms with Crippen molar-refractivity contribution < 1.29 is 9.47 Å². The predicted molar refractivity (Wildman–Crippen MR) is 61.5 cm³/mol. The fraction of sp³-hybridized carbons (Fsp3) is 0.571. The van der Waals surface area contributed by atoms with Crippen molar-refractivity contribution in [2.45, 2.75) is 44.8 Å². The van der Waals surface area contributed by atoms with Crippen molar-refractivity contribution in [2.75, 3.05) is 0 Å². The van der Waals surface area contributed by atoms with Crippen molar-refractivity contribution in [3.63, 3.8) is 0 Å². The molecule has 85 valence electrons. The van der Waals surface area contributed by atoms with Gasteiger partial charge in [0.25, 0.3) is 0 Å². The molecule has 0 saturated heterocycles. The zero-order chi connectivity index (χ0) is 10.8. The van der Waals surface area contributed by atoms with Crippen LogP contribution in [0.4, 0.5) is 0 Å². The van der Waals surface area contributed by atoms with E-state index in [0.717, 1.165) is 23.8 Å². The van der Waals surface area contributed by atoms with Crippen molar-refractivity contribution >= 4 is 0 Å². The van der Waals surface area contributed by atoms with E-state index in [4.69, 9.17) is 9.47 Å². The summed E-state index contributed by atoms with van der Waals surface area (Å²) in [6.45, 7) is 0. The second kappa shape index (κ2) is 4.36. The minimum absolute atomic E-state index is 0.0612. The van der Waals surface area contributed by atoms with Gasteiger partial charge in [-0.1, -0.05) is 38.2 Å². The summed E-state index contributed by atoms with van der Waals surface area (Å²) < 4.78 is 11.5. The van der Waals surface area contributed by atoms with Crippen LogP contribution in [0.25, 0.3) is 0 Å². The Labute approximate surface area is 96.6 Å². The van der Waals surface area contributed by atoms with Gasteiger partial charge in [0.1, 0.15) is 0 Å². The number of hydrogen-bond donors (Lipinski definition) is 0. The van der Waals surface area contributed by atoms with E-state index in [1.54, 1.807) is 0 Å². The van der Waals surface area contributed by atoms with Gasteiger partial charge in [0.2, 0.25) is 6.29 Å². The van der Waals surface area contributed by atoms with E-state index in [-0.39, 0.29) is 6.29 Å². The molecule has 1 unspecified atom stereocenters. The van der Waals surface area contributed by atoms with Crippen LogP contribution in [0.3, 0.4) is 0 Å². The van der Waals surface area contributed by atoms with E-state index in [1.165, 1.54) is 32.1 Å². The summed E-state index contributed by atoms with van der Waals surface area (Å²) in [6, 6.07) is 8.66. The van der Waals surface area contributed by atoms with Gasteiger partial charge < -0.3 is 9.47 Å². The number of fused-ring (bicyclic) bond motifs is 1. The number of rotatable bonds is 2. The highest BCUT2D eigenvalue weighted by Crippen LogP contribution is 2.37. The fourth-order valence-corrected chi connectivity index (χ4v) is 2.69. The van der Waals surface area contributed by atoms with Crippen LogP contribution in [-0.4, -0.2) is 6.29 Å². The third-order valence-electron chi connectivity index (χ3n) is 3.56. The Morgan fingerprint density at radius 3 is 2.75 bits per heavy atom. The molecule has 2 aliphatic rings. The molecule has 1 saturated carbocycles.